The highest BCUT2D eigenvalue weighted by molar-refractivity contribution is 6.30. The summed E-state index contributed by atoms with van der Waals surface area (Å²) in [4.78, 5) is 21.8. The Morgan fingerprint density at radius 1 is 0.814 bits per heavy atom. The molecule has 0 saturated carbocycles. The van der Waals surface area contributed by atoms with Crippen molar-refractivity contribution in [3.63, 3.8) is 0 Å². The van der Waals surface area contributed by atoms with E-state index in [1.165, 1.54) is 0 Å². The minimum Gasteiger partial charge on any atom is -0.444 e. The SMILES string of the molecule is CC(C)(C)OC(=O)N[C@H](Cc1c[nH]c2ccccc12)c1nnc(Cc2cccc(Cl)c2)n1CCCc1cn(C(c2ccccc2)(c2ccccc2)c2ccccc2)cn1. The van der Waals surface area contributed by atoms with Crippen molar-refractivity contribution in [1.82, 2.24) is 34.6 Å². The summed E-state index contributed by atoms with van der Waals surface area (Å²) in [5.41, 5.74) is 6.15. The molecule has 9 nitrogen and oxygen atoms in total. The summed E-state index contributed by atoms with van der Waals surface area (Å²) in [5.74, 6) is 1.43. The molecule has 2 N–H and O–H groups in total. The summed E-state index contributed by atoms with van der Waals surface area (Å²) in [6.07, 6.45) is 8.05. The number of H-pyrrole nitrogens is 1. The van der Waals surface area contributed by atoms with E-state index in [-0.39, 0.29) is 0 Å². The number of amides is 1. The number of aryl methyl sites for hydroxylation is 1. The van der Waals surface area contributed by atoms with Gasteiger partial charge in [0.1, 0.15) is 17.0 Å². The van der Waals surface area contributed by atoms with Crippen LogP contribution in [0.25, 0.3) is 10.9 Å². The predicted octanol–water partition coefficient (Wildman–Crippen LogP) is 10.5. The fraction of sp³-hybridized carbons (Fsp3) is 0.224. The van der Waals surface area contributed by atoms with Gasteiger partial charge in [-0.05, 0) is 79.6 Å². The predicted molar refractivity (Wildman–Crippen MR) is 234 cm³/mol. The molecule has 1 amide bonds. The number of carbonyl (C=O) groups is 1. The number of benzene rings is 5. The lowest BCUT2D eigenvalue weighted by atomic mass is 9.77. The molecule has 0 fully saturated rings. The molecule has 0 spiro atoms. The van der Waals surface area contributed by atoms with Crippen LogP contribution in [0.1, 0.15) is 78.4 Å². The Morgan fingerprint density at radius 3 is 2.10 bits per heavy atom. The molecular formula is C49H48ClN7O2. The van der Waals surface area contributed by atoms with Gasteiger partial charge in [-0.3, -0.25) is 0 Å². The summed E-state index contributed by atoms with van der Waals surface area (Å²) >= 11 is 6.43. The van der Waals surface area contributed by atoms with E-state index in [4.69, 9.17) is 31.5 Å². The lowest BCUT2D eigenvalue weighted by Gasteiger charge is -2.37. The van der Waals surface area contributed by atoms with Gasteiger partial charge >= 0.3 is 6.09 Å². The third-order valence-electron chi connectivity index (χ3n) is 10.6. The van der Waals surface area contributed by atoms with Crippen LogP contribution in [0.15, 0.2) is 158 Å². The Bertz CT molecular complexity index is 2530. The fourth-order valence-electron chi connectivity index (χ4n) is 8.07. The number of aromatic amines is 1. The van der Waals surface area contributed by atoms with Crippen LogP contribution in [-0.4, -0.2) is 41.0 Å². The van der Waals surface area contributed by atoms with Crippen molar-refractivity contribution in [2.75, 3.05) is 0 Å². The molecule has 0 unspecified atom stereocenters. The number of hydrogen-bond donors (Lipinski definition) is 2. The van der Waals surface area contributed by atoms with Crippen molar-refractivity contribution in [1.29, 1.82) is 0 Å². The first-order valence-electron chi connectivity index (χ1n) is 20.1. The summed E-state index contributed by atoms with van der Waals surface area (Å²) in [7, 11) is 0. The van der Waals surface area contributed by atoms with Gasteiger partial charge in [0, 0.05) is 47.7 Å². The molecule has 5 aromatic carbocycles. The molecule has 0 radical (unpaired) electrons. The molecule has 0 aliphatic rings. The number of nitrogens with one attached hydrogen (secondary N) is 2. The minimum absolute atomic E-state index is 0.476. The van der Waals surface area contributed by atoms with E-state index in [2.05, 4.69) is 123 Å². The second-order valence-electron chi connectivity index (χ2n) is 15.9. The van der Waals surface area contributed by atoms with Crippen molar-refractivity contribution in [2.45, 2.75) is 70.2 Å². The first kappa shape index (κ1) is 39.4. The van der Waals surface area contributed by atoms with E-state index < -0.39 is 23.3 Å². The van der Waals surface area contributed by atoms with Gasteiger partial charge in [0.15, 0.2) is 5.82 Å². The highest BCUT2D eigenvalue weighted by atomic mass is 35.5. The number of rotatable bonds is 14. The van der Waals surface area contributed by atoms with Crippen LogP contribution in [0.3, 0.4) is 0 Å². The van der Waals surface area contributed by atoms with Crippen LogP contribution in [0.4, 0.5) is 4.79 Å². The van der Waals surface area contributed by atoms with Crippen LogP contribution in [0.5, 0.6) is 0 Å². The summed E-state index contributed by atoms with van der Waals surface area (Å²) in [6.45, 7) is 6.17. The van der Waals surface area contributed by atoms with E-state index in [0.29, 0.717) is 36.7 Å². The zero-order valence-electron chi connectivity index (χ0n) is 33.6. The van der Waals surface area contributed by atoms with Crippen molar-refractivity contribution in [2.24, 2.45) is 0 Å². The molecule has 0 saturated heterocycles. The number of imidazole rings is 1. The van der Waals surface area contributed by atoms with Crippen LogP contribution < -0.4 is 5.32 Å². The van der Waals surface area contributed by atoms with E-state index in [9.17, 15) is 4.79 Å². The quantitative estimate of drug-likeness (QED) is 0.107. The molecule has 10 heteroatoms. The molecule has 3 heterocycles. The highest BCUT2D eigenvalue weighted by Crippen LogP contribution is 2.41. The average molecular weight is 802 g/mol. The number of aromatic nitrogens is 6. The fourth-order valence-corrected chi connectivity index (χ4v) is 8.28. The number of hydrogen-bond acceptors (Lipinski definition) is 5. The zero-order valence-corrected chi connectivity index (χ0v) is 34.3. The number of fused-ring (bicyclic) bond motifs is 1. The third-order valence-corrected chi connectivity index (χ3v) is 10.9. The second-order valence-corrected chi connectivity index (χ2v) is 16.3. The van der Waals surface area contributed by atoms with Gasteiger partial charge < -0.3 is 24.2 Å². The van der Waals surface area contributed by atoms with Gasteiger partial charge in [0.05, 0.1) is 18.1 Å². The van der Waals surface area contributed by atoms with E-state index in [0.717, 1.165) is 56.7 Å². The van der Waals surface area contributed by atoms with Gasteiger partial charge in [-0.25, -0.2) is 9.78 Å². The number of halogens is 1. The number of para-hydroxylation sites is 1. The lowest BCUT2D eigenvalue weighted by molar-refractivity contribution is 0.0500. The monoisotopic (exact) mass is 801 g/mol. The van der Waals surface area contributed by atoms with E-state index in [1.54, 1.807) is 0 Å². The standard InChI is InChI=1S/C49H48ClN7O2/c1-48(2,3)59-47(58)53-44(31-36-32-51-43-27-14-13-26-42(36)43)46-55-54-45(30-35-17-15-24-40(50)29-35)57(46)28-16-25-41-33-56(34-52-41)49(37-18-7-4-8-19-37,38-20-9-5-10-21-38)39-22-11-6-12-23-39/h4-15,17-24,26-27,29,32-34,44,51H,16,25,28,30-31H2,1-3H3,(H,53,58)/t44-/m1/s1. The van der Waals surface area contributed by atoms with Crippen LogP contribution in [0, 0.1) is 0 Å². The maximum Gasteiger partial charge on any atom is 0.408 e. The second kappa shape index (κ2) is 17.2. The molecule has 0 bridgehead atoms. The van der Waals surface area contributed by atoms with E-state index in [1.807, 2.05) is 75.8 Å². The molecule has 3 aromatic heterocycles. The zero-order chi connectivity index (χ0) is 40.8. The largest absolute Gasteiger partial charge is 0.444 e. The van der Waals surface area contributed by atoms with Gasteiger partial charge in [0.25, 0.3) is 0 Å². The number of ether oxygens (including phenoxy) is 1. The molecule has 298 valence electrons. The van der Waals surface area contributed by atoms with Crippen LogP contribution in [-0.2, 0) is 36.1 Å². The first-order valence-corrected chi connectivity index (χ1v) is 20.5. The van der Waals surface area contributed by atoms with Crippen molar-refractivity contribution >= 4 is 28.6 Å². The minimum atomic E-state index is -0.677. The Hall–Kier alpha value is -6.45. The summed E-state index contributed by atoms with van der Waals surface area (Å²) < 4.78 is 10.2. The summed E-state index contributed by atoms with van der Waals surface area (Å²) in [5, 5.41) is 14.4. The molecular weight excluding hydrogens is 754 g/mol. The van der Waals surface area contributed by atoms with Crippen molar-refractivity contribution in [3.8, 4) is 0 Å². The van der Waals surface area contributed by atoms with Crippen LogP contribution >= 0.6 is 11.6 Å². The van der Waals surface area contributed by atoms with Gasteiger partial charge in [-0.15, -0.1) is 10.2 Å². The Morgan fingerprint density at radius 2 is 1.46 bits per heavy atom. The number of nitrogens with zero attached hydrogens (tertiary/aromatic N) is 5. The van der Waals surface area contributed by atoms with Crippen molar-refractivity contribution < 1.29 is 9.53 Å². The van der Waals surface area contributed by atoms with Gasteiger partial charge in [0.2, 0.25) is 0 Å². The maximum absolute atomic E-state index is 13.4. The molecule has 8 rings (SSSR count). The van der Waals surface area contributed by atoms with Crippen molar-refractivity contribution in [3.05, 3.63) is 208 Å². The molecule has 0 aliphatic heterocycles. The number of alkyl carbamates (subject to hydrolysis) is 1. The Labute approximate surface area is 350 Å². The third kappa shape index (κ3) is 8.71. The highest BCUT2D eigenvalue weighted by Gasteiger charge is 2.38. The molecule has 59 heavy (non-hydrogen) atoms. The summed E-state index contributed by atoms with van der Waals surface area (Å²) in [6, 6.07) is 47.3. The molecule has 0 aliphatic carbocycles. The van der Waals surface area contributed by atoms with Crippen LogP contribution in [0.2, 0.25) is 5.02 Å². The lowest BCUT2D eigenvalue weighted by Crippen LogP contribution is -2.37. The maximum atomic E-state index is 13.4. The molecule has 1 atom stereocenters. The topological polar surface area (TPSA) is 103 Å². The Balaban J connectivity index is 1.14. The van der Waals surface area contributed by atoms with Gasteiger partial charge in [-0.2, -0.15) is 0 Å². The Kier molecular flexibility index (Phi) is 11.5. The van der Waals surface area contributed by atoms with Gasteiger partial charge in [-0.1, -0.05) is 133 Å². The average Bonchev–Trinajstić information content (AvgIpc) is 3.98. The normalized spacial score (nSPS) is 12.4. The van der Waals surface area contributed by atoms with E-state index >= 15 is 0 Å². The molecule has 8 aromatic rings. The smallest absolute Gasteiger partial charge is 0.408 e. The number of carbonyl (C=O) groups excluding carboxylic acids is 1. The first-order chi connectivity index (χ1) is 28.7.